The number of aryl methyl sites for hydroxylation is 1. The molecule has 1 amide bonds. The third-order valence-electron chi connectivity index (χ3n) is 4.24. The monoisotopic (exact) mass is 360 g/mol. The molecule has 0 unspecified atom stereocenters. The molecular weight excluding hydrogens is 336 g/mol. The quantitative estimate of drug-likeness (QED) is 0.619. The number of amides is 1. The Hall–Kier alpha value is -3.14. The summed E-state index contributed by atoms with van der Waals surface area (Å²) in [5.74, 6) is 0.875. The summed E-state index contributed by atoms with van der Waals surface area (Å²) < 4.78 is 5.72. The van der Waals surface area contributed by atoms with Gasteiger partial charge in [0.1, 0.15) is 12.4 Å². The van der Waals surface area contributed by atoms with Gasteiger partial charge in [-0.25, -0.2) is 0 Å². The van der Waals surface area contributed by atoms with E-state index in [2.05, 4.69) is 22.4 Å². The molecule has 2 aromatic carbocycles. The van der Waals surface area contributed by atoms with Crippen LogP contribution >= 0.6 is 0 Å². The van der Waals surface area contributed by atoms with E-state index >= 15 is 0 Å². The van der Waals surface area contributed by atoms with Gasteiger partial charge < -0.3 is 10.1 Å². The van der Waals surface area contributed by atoms with E-state index in [1.807, 2.05) is 60.7 Å². The first kappa shape index (κ1) is 18.6. The predicted octanol–water partition coefficient (Wildman–Crippen LogP) is 4.30. The number of nitrogens with zero attached hydrogens (tertiary/aromatic N) is 1. The number of nitrogens with one attached hydrogen (secondary N) is 1. The maximum Gasteiger partial charge on any atom is 0.220 e. The lowest BCUT2D eigenvalue weighted by Crippen LogP contribution is -2.22. The van der Waals surface area contributed by atoms with Crippen LogP contribution in [0.1, 0.15) is 29.7 Å². The first-order chi connectivity index (χ1) is 13.3. The average molecular weight is 360 g/mol. The second-order valence-electron chi connectivity index (χ2n) is 6.37. The minimum atomic E-state index is 0.0846. The normalized spacial score (nSPS) is 10.4. The molecule has 4 heteroatoms. The van der Waals surface area contributed by atoms with Crippen LogP contribution in [0.4, 0.5) is 0 Å². The van der Waals surface area contributed by atoms with Crippen molar-refractivity contribution in [3.05, 3.63) is 95.8 Å². The van der Waals surface area contributed by atoms with Crippen molar-refractivity contribution in [3.63, 3.8) is 0 Å². The summed E-state index contributed by atoms with van der Waals surface area (Å²) in [5, 5.41) is 2.97. The molecule has 3 rings (SSSR count). The Kier molecular flexibility index (Phi) is 6.99. The van der Waals surface area contributed by atoms with Crippen LogP contribution in [-0.2, 0) is 24.4 Å². The fourth-order valence-corrected chi connectivity index (χ4v) is 2.73. The van der Waals surface area contributed by atoms with Gasteiger partial charge in [-0.3, -0.25) is 9.78 Å². The summed E-state index contributed by atoms with van der Waals surface area (Å²) in [7, 11) is 0. The molecule has 0 radical (unpaired) electrons. The van der Waals surface area contributed by atoms with Crippen LogP contribution in [0.15, 0.2) is 79.0 Å². The highest BCUT2D eigenvalue weighted by molar-refractivity contribution is 5.75. The van der Waals surface area contributed by atoms with Crippen molar-refractivity contribution >= 4 is 5.91 Å². The molecule has 0 bridgehead atoms. The van der Waals surface area contributed by atoms with Crippen molar-refractivity contribution in [1.29, 1.82) is 0 Å². The van der Waals surface area contributed by atoms with Crippen molar-refractivity contribution in [2.75, 3.05) is 0 Å². The number of carbonyl (C=O) groups excluding carboxylic acids is 1. The molecule has 27 heavy (non-hydrogen) atoms. The number of rotatable bonds is 9. The highest BCUT2D eigenvalue weighted by atomic mass is 16.5. The summed E-state index contributed by atoms with van der Waals surface area (Å²) in [6, 6.07) is 23.8. The van der Waals surface area contributed by atoms with Crippen molar-refractivity contribution in [2.45, 2.75) is 32.4 Å². The van der Waals surface area contributed by atoms with Gasteiger partial charge in [0, 0.05) is 19.2 Å². The number of hydrogen-bond acceptors (Lipinski definition) is 3. The van der Waals surface area contributed by atoms with Gasteiger partial charge in [-0.15, -0.1) is 0 Å². The highest BCUT2D eigenvalue weighted by Crippen LogP contribution is 2.14. The Balaban J connectivity index is 1.36. The lowest BCUT2D eigenvalue weighted by Gasteiger charge is -2.08. The second-order valence-corrected chi connectivity index (χ2v) is 6.37. The first-order valence-corrected chi connectivity index (χ1v) is 9.22. The summed E-state index contributed by atoms with van der Waals surface area (Å²) in [6.07, 6.45) is 4.08. The Labute approximate surface area is 160 Å². The van der Waals surface area contributed by atoms with Crippen LogP contribution in [0.2, 0.25) is 0 Å². The molecule has 0 aliphatic heterocycles. The van der Waals surface area contributed by atoms with Crippen molar-refractivity contribution in [2.24, 2.45) is 0 Å². The second kappa shape index (κ2) is 10.1. The molecule has 1 aromatic heterocycles. The van der Waals surface area contributed by atoms with Crippen molar-refractivity contribution in [3.8, 4) is 5.75 Å². The third-order valence-corrected chi connectivity index (χ3v) is 4.24. The van der Waals surface area contributed by atoms with Crippen molar-refractivity contribution < 1.29 is 9.53 Å². The zero-order chi connectivity index (χ0) is 18.7. The van der Waals surface area contributed by atoms with E-state index in [-0.39, 0.29) is 5.91 Å². The van der Waals surface area contributed by atoms with Gasteiger partial charge in [0.15, 0.2) is 0 Å². The minimum Gasteiger partial charge on any atom is -0.487 e. The van der Waals surface area contributed by atoms with Crippen LogP contribution in [0.25, 0.3) is 0 Å². The average Bonchev–Trinajstić information content (AvgIpc) is 2.73. The van der Waals surface area contributed by atoms with Gasteiger partial charge in [0.05, 0.1) is 5.69 Å². The number of aromatic nitrogens is 1. The standard InChI is InChI=1S/C23H24N2O2/c26-23(11-6-9-19-7-2-1-3-8-19)25-17-20-12-14-22(15-13-20)27-18-21-10-4-5-16-24-21/h1-5,7-8,10,12-16H,6,9,11,17-18H2,(H,25,26). The Bertz CT molecular complexity index is 818. The molecule has 0 spiro atoms. The third kappa shape index (κ3) is 6.59. The van der Waals surface area contributed by atoms with E-state index in [9.17, 15) is 4.79 Å². The zero-order valence-corrected chi connectivity index (χ0v) is 15.3. The summed E-state index contributed by atoms with van der Waals surface area (Å²) in [6.45, 7) is 0.975. The number of hydrogen-bond donors (Lipinski definition) is 1. The Morgan fingerprint density at radius 2 is 1.67 bits per heavy atom. The van der Waals surface area contributed by atoms with Gasteiger partial charge in [-0.05, 0) is 48.2 Å². The van der Waals surface area contributed by atoms with E-state index in [1.165, 1.54) is 5.56 Å². The van der Waals surface area contributed by atoms with Crippen molar-refractivity contribution in [1.82, 2.24) is 10.3 Å². The minimum absolute atomic E-state index is 0.0846. The fourth-order valence-electron chi connectivity index (χ4n) is 2.73. The highest BCUT2D eigenvalue weighted by Gasteiger charge is 2.03. The SMILES string of the molecule is O=C(CCCc1ccccc1)NCc1ccc(OCc2ccccn2)cc1. The van der Waals surface area contributed by atoms with E-state index in [1.54, 1.807) is 6.20 Å². The molecule has 0 saturated carbocycles. The first-order valence-electron chi connectivity index (χ1n) is 9.22. The van der Waals surface area contributed by atoms with Crippen LogP contribution in [0.3, 0.4) is 0 Å². The lowest BCUT2D eigenvalue weighted by molar-refractivity contribution is -0.121. The summed E-state index contributed by atoms with van der Waals surface area (Å²) in [5.41, 5.74) is 3.22. The summed E-state index contributed by atoms with van der Waals surface area (Å²) in [4.78, 5) is 16.2. The Morgan fingerprint density at radius 3 is 2.41 bits per heavy atom. The molecule has 3 aromatic rings. The molecule has 1 heterocycles. The van der Waals surface area contributed by atoms with E-state index < -0.39 is 0 Å². The largest absolute Gasteiger partial charge is 0.487 e. The fraction of sp³-hybridized carbons (Fsp3) is 0.217. The van der Waals surface area contributed by atoms with Crippen LogP contribution in [-0.4, -0.2) is 10.9 Å². The Morgan fingerprint density at radius 1 is 0.889 bits per heavy atom. The number of benzene rings is 2. The van der Waals surface area contributed by atoms with Crippen LogP contribution in [0, 0.1) is 0 Å². The smallest absolute Gasteiger partial charge is 0.220 e. The molecule has 1 N–H and O–H groups in total. The maximum absolute atomic E-state index is 12.0. The van der Waals surface area contributed by atoms with Gasteiger partial charge in [0.2, 0.25) is 5.91 Å². The molecule has 0 aliphatic rings. The predicted molar refractivity (Wildman–Crippen MR) is 106 cm³/mol. The van der Waals surface area contributed by atoms with E-state index in [4.69, 9.17) is 4.74 Å². The van der Waals surface area contributed by atoms with Crippen LogP contribution < -0.4 is 10.1 Å². The van der Waals surface area contributed by atoms with E-state index in [0.29, 0.717) is 19.6 Å². The van der Waals surface area contributed by atoms with Gasteiger partial charge in [-0.2, -0.15) is 0 Å². The molecule has 0 atom stereocenters. The molecule has 0 saturated heterocycles. The molecule has 138 valence electrons. The number of pyridine rings is 1. The maximum atomic E-state index is 12.0. The number of carbonyl (C=O) groups is 1. The molecular formula is C23H24N2O2. The van der Waals surface area contributed by atoms with E-state index in [0.717, 1.165) is 29.8 Å². The van der Waals surface area contributed by atoms with Crippen LogP contribution in [0.5, 0.6) is 5.75 Å². The van der Waals surface area contributed by atoms with Gasteiger partial charge >= 0.3 is 0 Å². The lowest BCUT2D eigenvalue weighted by atomic mass is 10.1. The van der Waals surface area contributed by atoms with Gasteiger partial charge in [0.25, 0.3) is 0 Å². The zero-order valence-electron chi connectivity index (χ0n) is 15.3. The molecule has 0 fully saturated rings. The number of ether oxygens (including phenoxy) is 1. The van der Waals surface area contributed by atoms with Gasteiger partial charge in [-0.1, -0.05) is 48.5 Å². The topological polar surface area (TPSA) is 51.2 Å². The molecule has 0 aliphatic carbocycles. The molecule has 4 nitrogen and oxygen atoms in total. The summed E-state index contributed by atoms with van der Waals surface area (Å²) >= 11 is 0.